The number of carbonyl (C=O) groups is 2. The summed E-state index contributed by atoms with van der Waals surface area (Å²) in [5.41, 5.74) is 0. The van der Waals surface area contributed by atoms with Crippen LogP contribution in [0.25, 0.3) is 0 Å². The van der Waals surface area contributed by atoms with Crippen molar-refractivity contribution in [3.05, 3.63) is 22.4 Å². The summed E-state index contributed by atoms with van der Waals surface area (Å²) in [4.78, 5) is 32.4. The van der Waals surface area contributed by atoms with E-state index in [4.69, 9.17) is 0 Å². The van der Waals surface area contributed by atoms with Gasteiger partial charge in [-0.2, -0.15) is 0 Å². The second-order valence-electron chi connectivity index (χ2n) is 7.25. The Balaban J connectivity index is 1.97. The maximum Gasteiger partial charge on any atom is 0.309 e. The van der Waals surface area contributed by atoms with Gasteiger partial charge in [0, 0.05) is 50.2 Å². The van der Waals surface area contributed by atoms with E-state index in [1.54, 1.807) is 11.3 Å². The van der Waals surface area contributed by atoms with Gasteiger partial charge >= 0.3 is 11.8 Å². The minimum atomic E-state index is -0.565. The van der Waals surface area contributed by atoms with Crippen LogP contribution in [0.3, 0.4) is 0 Å². The van der Waals surface area contributed by atoms with E-state index in [2.05, 4.69) is 38.8 Å². The Hall–Kier alpha value is -1.48. The molecule has 1 aliphatic heterocycles. The molecule has 1 aromatic rings. The first-order valence-corrected chi connectivity index (χ1v) is 10.5. The number of likely N-dealkylation sites (N-methyl/N-ethyl adjacent to an activating group) is 2. The Labute approximate surface area is 166 Å². The molecule has 1 aliphatic rings. The van der Waals surface area contributed by atoms with Crippen molar-refractivity contribution < 1.29 is 9.59 Å². The average molecular weight is 396 g/mol. The van der Waals surface area contributed by atoms with Gasteiger partial charge in [0.2, 0.25) is 0 Å². The molecular formula is C19H33N5O2S. The third kappa shape index (κ3) is 6.57. The molecule has 0 aliphatic carbocycles. The van der Waals surface area contributed by atoms with Crippen LogP contribution in [0, 0.1) is 0 Å². The summed E-state index contributed by atoms with van der Waals surface area (Å²) in [6, 6.07) is 4.09. The quantitative estimate of drug-likeness (QED) is 0.632. The predicted octanol–water partition coefficient (Wildman–Crippen LogP) is 0.609. The topological polar surface area (TPSA) is 67.9 Å². The Morgan fingerprint density at radius 1 is 1.22 bits per heavy atom. The van der Waals surface area contributed by atoms with Gasteiger partial charge in [0.1, 0.15) is 0 Å². The molecule has 1 fully saturated rings. The van der Waals surface area contributed by atoms with Crippen molar-refractivity contribution in [2.24, 2.45) is 0 Å². The Bertz CT molecular complexity index is 585. The van der Waals surface area contributed by atoms with Crippen LogP contribution in [0.4, 0.5) is 0 Å². The van der Waals surface area contributed by atoms with E-state index in [1.807, 2.05) is 32.0 Å². The van der Waals surface area contributed by atoms with E-state index in [9.17, 15) is 9.59 Å². The smallest absolute Gasteiger partial charge is 0.309 e. The fraction of sp³-hybridized carbons (Fsp3) is 0.684. The number of hydrogen-bond donors (Lipinski definition) is 2. The summed E-state index contributed by atoms with van der Waals surface area (Å²) in [6.07, 6.45) is 0. The van der Waals surface area contributed by atoms with E-state index in [1.165, 1.54) is 4.88 Å². The number of amides is 2. The lowest BCUT2D eigenvalue weighted by Crippen LogP contribution is -2.53. The molecule has 1 saturated heterocycles. The summed E-state index contributed by atoms with van der Waals surface area (Å²) in [5, 5.41) is 7.65. The minimum absolute atomic E-state index is 0.0857. The average Bonchev–Trinajstić information content (AvgIpc) is 3.16. The second-order valence-corrected chi connectivity index (χ2v) is 8.23. The van der Waals surface area contributed by atoms with Crippen LogP contribution in [0.15, 0.2) is 17.5 Å². The molecule has 2 atom stereocenters. The van der Waals surface area contributed by atoms with E-state index in [0.29, 0.717) is 13.1 Å². The molecule has 8 heteroatoms. The van der Waals surface area contributed by atoms with E-state index in [-0.39, 0.29) is 12.1 Å². The van der Waals surface area contributed by atoms with Crippen molar-refractivity contribution in [2.45, 2.75) is 25.9 Å². The van der Waals surface area contributed by atoms with Gasteiger partial charge < -0.3 is 20.4 Å². The summed E-state index contributed by atoms with van der Waals surface area (Å²) in [5.74, 6) is -1.13. The lowest BCUT2D eigenvalue weighted by atomic mass is 10.0. The first-order valence-electron chi connectivity index (χ1n) is 9.65. The highest BCUT2D eigenvalue weighted by Gasteiger charge is 2.31. The number of hydrogen-bond acceptors (Lipinski definition) is 6. The van der Waals surface area contributed by atoms with Crippen LogP contribution in [0.2, 0.25) is 0 Å². The van der Waals surface area contributed by atoms with Crippen molar-refractivity contribution in [1.82, 2.24) is 25.3 Å². The molecule has 2 rings (SSSR count). The van der Waals surface area contributed by atoms with Gasteiger partial charge in [-0.1, -0.05) is 13.0 Å². The molecule has 27 heavy (non-hydrogen) atoms. The molecular weight excluding hydrogens is 362 g/mol. The highest BCUT2D eigenvalue weighted by molar-refractivity contribution is 7.10. The fourth-order valence-electron chi connectivity index (χ4n) is 3.38. The standard InChI is InChI=1S/C19H33N5O2S/c1-5-23-10-12-24(13-11-23)17(16-7-6-14-27-16)15(2)21-19(26)18(25)20-8-9-22(3)4/h6-7,14-15,17H,5,8-13H2,1-4H3,(H,20,25)(H,21,26)/t15-,17+/m0/s1. The van der Waals surface area contributed by atoms with Crippen LogP contribution in [-0.4, -0.2) is 92.5 Å². The number of carbonyl (C=O) groups excluding carboxylic acids is 2. The first kappa shape index (κ1) is 21.8. The first-order chi connectivity index (χ1) is 12.9. The summed E-state index contributed by atoms with van der Waals surface area (Å²) in [6.45, 7) is 10.4. The van der Waals surface area contributed by atoms with Gasteiger partial charge in [-0.25, -0.2) is 0 Å². The van der Waals surface area contributed by atoms with Gasteiger partial charge in [0.15, 0.2) is 0 Å². The molecule has 0 aromatic carbocycles. The molecule has 0 spiro atoms. The Kier molecular flexibility index (Phi) is 8.69. The summed E-state index contributed by atoms with van der Waals surface area (Å²) < 4.78 is 0. The summed E-state index contributed by atoms with van der Waals surface area (Å²) >= 11 is 1.70. The van der Waals surface area contributed by atoms with E-state index < -0.39 is 11.8 Å². The SMILES string of the molecule is CCN1CCN([C@@H](c2cccs2)[C@H](C)NC(=O)C(=O)NCCN(C)C)CC1. The number of nitrogens with one attached hydrogen (secondary N) is 2. The maximum absolute atomic E-state index is 12.3. The molecule has 152 valence electrons. The van der Waals surface area contributed by atoms with Crippen LogP contribution < -0.4 is 10.6 Å². The molecule has 0 radical (unpaired) electrons. The highest BCUT2D eigenvalue weighted by atomic mass is 32.1. The zero-order valence-electron chi connectivity index (χ0n) is 16.9. The van der Waals surface area contributed by atoms with Crippen molar-refractivity contribution >= 4 is 23.2 Å². The van der Waals surface area contributed by atoms with Crippen molar-refractivity contribution in [2.75, 3.05) is 59.9 Å². The Morgan fingerprint density at radius 3 is 2.48 bits per heavy atom. The monoisotopic (exact) mass is 395 g/mol. The number of rotatable bonds is 8. The second kappa shape index (κ2) is 10.8. The maximum atomic E-state index is 12.3. The number of thiophene rings is 1. The molecule has 1 aromatic heterocycles. The van der Waals surface area contributed by atoms with Crippen molar-refractivity contribution in [3.63, 3.8) is 0 Å². The van der Waals surface area contributed by atoms with Crippen molar-refractivity contribution in [1.29, 1.82) is 0 Å². The predicted molar refractivity (Wildman–Crippen MR) is 110 cm³/mol. The number of nitrogens with zero attached hydrogens (tertiary/aromatic N) is 3. The molecule has 0 unspecified atom stereocenters. The Morgan fingerprint density at radius 2 is 1.93 bits per heavy atom. The molecule has 0 bridgehead atoms. The zero-order valence-corrected chi connectivity index (χ0v) is 17.7. The minimum Gasteiger partial charge on any atom is -0.347 e. The third-order valence-electron chi connectivity index (χ3n) is 4.97. The van der Waals surface area contributed by atoms with Gasteiger partial charge in [0.05, 0.1) is 6.04 Å². The van der Waals surface area contributed by atoms with Crippen LogP contribution in [0.5, 0.6) is 0 Å². The zero-order chi connectivity index (χ0) is 19.8. The van der Waals surface area contributed by atoms with Crippen LogP contribution >= 0.6 is 11.3 Å². The van der Waals surface area contributed by atoms with Gasteiger partial charge in [0.25, 0.3) is 0 Å². The summed E-state index contributed by atoms with van der Waals surface area (Å²) in [7, 11) is 3.86. The van der Waals surface area contributed by atoms with Crippen LogP contribution in [-0.2, 0) is 9.59 Å². The van der Waals surface area contributed by atoms with Crippen molar-refractivity contribution in [3.8, 4) is 0 Å². The normalized spacial score (nSPS) is 18.3. The third-order valence-corrected chi connectivity index (χ3v) is 5.91. The molecule has 2 N–H and O–H groups in total. The molecule has 0 saturated carbocycles. The highest BCUT2D eigenvalue weighted by Crippen LogP contribution is 2.29. The molecule has 7 nitrogen and oxygen atoms in total. The fourth-order valence-corrected chi connectivity index (χ4v) is 4.35. The van der Waals surface area contributed by atoms with Gasteiger partial charge in [-0.3, -0.25) is 14.5 Å². The van der Waals surface area contributed by atoms with E-state index >= 15 is 0 Å². The lowest BCUT2D eigenvalue weighted by molar-refractivity contribution is -0.139. The largest absolute Gasteiger partial charge is 0.347 e. The van der Waals surface area contributed by atoms with Crippen LogP contribution in [0.1, 0.15) is 24.8 Å². The molecule has 2 amide bonds. The lowest BCUT2D eigenvalue weighted by Gasteiger charge is -2.41. The number of piperazine rings is 1. The van der Waals surface area contributed by atoms with Gasteiger partial charge in [-0.15, -0.1) is 11.3 Å². The van der Waals surface area contributed by atoms with Gasteiger partial charge in [-0.05, 0) is 39.0 Å². The van der Waals surface area contributed by atoms with E-state index in [0.717, 1.165) is 32.7 Å². The molecule has 2 heterocycles.